The van der Waals surface area contributed by atoms with E-state index in [9.17, 15) is 9.59 Å². The first-order valence-electron chi connectivity index (χ1n) is 5.98. The molecule has 0 unspecified atom stereocenters. The lowest BCUT2D eigenvalue weighted by Crippen LogP contribution is -2.30. The van der Waals surface area contributed by atoms with Crippen LogP contribution < -0.4 is 16.1 Å². The summed E-state index contributed by atoms with van der Waals surface area (Å²) in [6.07, 6.45) is 1.26. The average Bonchev–Trinajstić information content (AvgIpc) is 2.39. The topological polar surface area (TPSA) is 81.9 Å². The van der Waals surface area contributed by atoms with E-state index in [0.29, 0.717) is 5.69 Å². The second kappa shape index (κ2) is 5.05. The Kier molecular flexibility index (Phi) is 3.44. The second-order valence-corrected chi connectivity index (χ2v) is 4.65. The molecule has 0 fully saturated rings. The molecule has 0 aliphatic carbocycles. The molecule has 0 saturated carbocycles. The minimum atomic E-state index is -0.673. The molecule has 0 aliphatic rings. The van der Waals surface area contributed by atoms with Crippen LogP contribution in [0, 0.1) is 18.3 Å². The van der Waals surface area contributed by atoms with Gasteiger partial charge in [-0.05, 0) is 24.6 Å². The highest BCUT2D eigenvalue weighted by Gasteiger charge is 2.08. The largest absolute Gasteiger partial charge is 0.377 e. The number of anilines is 1. The van der Waals surface area contributed by atoms with E-state index in [0.717, 1.165) is 11.3 Å². The van der Waals surface area contributed by atoms with Crippen molar-refractivity contribution < 1.29 is 0 Å². The maximum atomic E-state index is 11.9. The maximum Gasteiger partial charge on any atom is 0.332 e. The van der Waals surface area contributed by atoms with Gasteiger partial charge in [0.1, 0.15) is 11.6 Å². The molecule has 0 radical (unpaired) electrons. The number of nitriles is 1. The van der Waals surface area contributed by atoms with Gasteiger partial charge in [-0.3, -0.25) is 14.3 Å². The van der Waals surface area contributed by atoms with Crippen LogP contribution in [0.5, 0.6) is 0 Å². The van der Waals surface area contributed by atoms with Crippen molar-refractivity contribution in [3.63, 3.8) is 0 Å². The Bertz CT molecular complexity index is 809. The number of hydrogen-bond acceptors (Lipinski definition) is 4. The Morgan fingerprint density at radius 3 is 2.60 bits per heavy atom. The van der Waals surface area contributed by atoms with E-state index in [2.05, 4.69) is 4.98 Å². The molecule has 102 valence electrons. The summed E-state index contributed by atoms with van der Waals surface area (Å²) in [4.78, 5) is 27.3. The molecule has 1 heterocycles. The van der Waals surface area contributed by atoms with Crippen molar-refractivity contribution in [1.29, 1.82) is 5.26 Å². The lowest BCUT2D eigenvalue weighted by Gasteiger charge is -2.17. The third-order valence-electron chi connectivity index (χ3n) is 3.02. The molecule has 1 aromatic carbocycles. The van der Waals surface area contributed by atoms with E-state index in [1.165, 1.54) is 10.8 Å². The van der Waals surface area contributed by atoms with Crippen LogP contribution in [0.25, 0.3) is 5.69 Å². The predicted octanol–water partition coefficient (Wildman–Crippen LogP) is 0.772. The molecular formula is C14H14N4O2. The number of H-pyrrole nitrogens is 1. The monoisotopic (exact) mass is 270 g/mol. The van der Waals surface area contributed by atoms with Crippen LogP contribution in [0.4, 0.5) is 5.69 Å². The van der Waals surface area contributed by atoms with Gasteiger partial charge in [-0.25, -0.2) is 4.79 Å². The Morgan fingerprint density at radius 2 is 2.00 bits per heavy atom. The molecule has 2 rings (SSSR count). The third kappa shape index (κ3) is 2.34. The molecule has 6 nitrogen and oxygen atoms in total. The lowest BCUT2D eigenvalue weighted by atomic mass is 10.1. The minimum Gasteiger partial charge on any atom is -0.377 e. The molecule has 2 aromatic rings. The van der Waals surface area contributed by atoms with Crippen molar-refractivity contribution in [2.45, 2.75) is 6.92 Å². The van der Waals surface area contributed by atoms with Crippen molar-refractivity contribution in [3.8, 4) is 11.8 Å². The quantitative estimate of drug-likeness (QED) is 0.874. The number of hydrogen-bond donors (Lipinski definition) is 1. The third-order valence-corrected chi connectivity index (χ3v) is 3.02. The molecule has 1 aromatic heterocycles. The molecule has 0 bridgehead atoms. The fraction of sp³-hybridized carbons (Fsp3) is 0.214. The summed E-state index contributed by atoms with van der Waals surface area (Å²) in [6.45, 7) is 1.97. The minimum absolute atomic E-state index is 0.100. The normalized spacial score (nSPS) is 10.1. The van der Waals surface area contributed by atoms with E-state index in [1.807, 2.05) is 38.1 Å². The van der Waals surface area contributed by atoms with E-state index in [4.69, 9.17) is 5.26 Å². The van der Waals surface area contributed by atoms with Gasteiger partial charge in [0.2, 0.25) is 0 Å². The summed E-state index contributed by atoms with van der Waals surface area (Å²) in [5.74, 6) is 0. The SMILES string of the molecule is Cc1ccc(-n2cc(C#N)c(=O)[nH]c2=O)cc1N(C)C. The molecule has 0 aliphatic heterocycles. The van der Waals surface area contributed by atoms with Crippen molar-refractivity contribution in [1.82, 2.24) is 9.55 Å². The van der Waals surface area contributed by atoms with Gasteiger partial charge in [0.05, 0.1) is 5.69 Å². The van der Waals surface area contributed by atoms with Crippen LogP contribution in [0.3, 0.4) is 0 Å². The number of aromatic amines is 1. The van der Waals surface area contributed by atoms with E-state index in [1.54, 1.807) is 12.1 Å². The van der Waals surface area contributed by atoms with Gasteiger partial charge in [0.15, 0.2) is 0 Å². The Balaban J connectivity index is 2.70. The summed E-state index contributed by atoms with van der Waals surface area (Å²) in [5, 5.41) is 8.87. The fourth-order valence-corrected chi connectivity index (χ4v) is 1.97. The predicted molar refractivity (Wildman–Crippen MR) is 76.4 cm³/mol. The molecule has 20 heavy (non-hydrogen) atoms. The Labute approximate surface area is 115 Å². The van der Waals surface area contributed by atoms with Gasteiger partial charge in [-0.1, -0.05) is 6.07 Å². The summed E-state index contributed by atoms with van der Waals surface area (Å²) >= 11 is 0. The zero-order chi connectivity index (χ0) is 14.9. The average molecular weight is 270 g/mol. The van der Waals surface area contributed by atoms with Crippen LogP contribution in [-0.2, 0) is 0 Å². The van der Waals surface area contributed by atoms with Crippen LogP contribution in [0.15, 0.2) is 34.0 Å². The summed E-state index contributed by atoms with van der Waals surface area (Å²) in [5.41, 5.74) is 1.28. The first-order chi connectivity index (χ1) is 9.43. The zero-order valence-corrected chi connectivity index (χ0v) is 11.5. The van der Waals surface area contributed by atoms with Crippen molar-refractivity contribution >= 4 is 5.69 Å². The van der Waals surface area contributed by atoms with E-state index in [-0.39, 0.29) is 5.56 Å². The fourth-order valence-electron chi connectivity index (χ4n) is 1.97. The van der Waals surface area contributed by atoms with Crippen LogP contribution in [0.2, 0.25) is 0 Å². The van der Waals surface area contributed by atoms with E-state index >= 15 is 0 Å². The maximum absolute atomic E-state index is 11.9. The summed E-state index contributed by atoms with van der Waals surface area (Å²) in [7, 11) is 3.81. The number of nitrogens with one attached hydrogen (secondary N) is 1. The number of aryl methyl sites for hydroxylation is 1. The molecule has 0 spiro atoms. The second-order valence-electron chi connectivity index (χ2n) is 4.65. The van der Waals surface area contributed by atoms with Gasteiger partial charge >= 0.3 is 5.69 Å². The number of rotatable bonds is 2. The number of aromatic nitrogens is 2. The van der Waals surface area contributed by atoms with Gasteiger partial charge < -0.3 is 4.90 Å². The zero-order valence-electron chi connectivity index (χ0n) is 11.5. The molecule has 0 atom stereocenters. The molecule has 6 heteroatoms. The van der Waals surface area contributed by atoms with Gasteiger partial charge in [0.25, 0.3) is 5.56 Å². The lowest BCUT2D eigenvalue weighted by molar-refractivity contribution is 0.887. The highest BCUT2D eigenvalue weighted by atomic mass is 16.2. The summed E-state index contributed by atoms with van der Waals surface area (Å²) < 4.78 is 1.26. The number of benzene rings is 1. The summed E-state index contributed by atoms with van der Waals surface area (Å²) in [6, 6.07) is 7.25. The van der Waals surface area contributed by atoms with Crippen molar-refractivity contribution in [2.75, 3.05) is 19.0 Å². The highest BCUT2D eigenvalue weighted by Crippen LogP contribution is 2.20. The Morgan fingerprint density at radius 1 is 1.30 bits per heavy atom. The van der Waals surface area contributed by atoms with Gasteiger partial charge in [0, 0.05) is 26.0 Å². The first kappa shape index (κ1) is 13.6. The molecular weight excluding hydrogens is 256 g/mol. The molecule has 0 saturated heterocycles. The van der Waals surface area contributed by atoms with Crippen molar-refractivity contribution in [3.05, 3.63) is 56.4 Å². The molecule has 0 amide bonds. The molecule has 1 N–H and O–H groups in total. The number of nitrogens with zero attached hydrogens (tertiary/aromatic N) is 3. The van der Waals surface area contributed by atoms with Crippen LogP contribution >= 0.6 is 0 Å². The standard InChI is InChI=1S/C14H14N4O2/c1-9-4-5-11(6-12(9)17(2)3)18-8-10(7-15)13(19)16-14(18)20/h4-6,8H,1-3H3,(H,16,19,20). The van der Waals surface area contributed by atoms with Crippen molar-refractivity contribution in [2.24, 2.45) is 0 Å². The van der Waals surface area contributed by atoms with E-state index < -0.39 is 11.2 Å². The van der Waals surface area contributed by atoms with Crippen LogP contribution in [-0.4, -0.2) is 23.6 Å². The smallest absolute Gasteiger partial charge is 0.332 e. The first-order valence-corrected chi connectivity index (χ1v) is 5.98. The highest BCUT2D eigenvalue weighted by molar-refractivity contribution is 5.57. The Hall–Kier alpha value is -2.81. The van der Waals surface area contributed by atoms with Crippen LogP contribution in [0.1, 0.15) is 11.1 Å². The van der Waals surface area contributed by atoms with Gasteiger partial charge in [-0.15, -0.1) is 0 Å². The van der Waals surface area contributed by atoms with Gasteiger partial charge in [-0.2, -0.15) is 5.26 Å².